The van der Waals surface area contributed by atoms with Gasteiger partial charge in [0.2, 0.25) is 0 Å². The normalized spacial score (nSPS) is 4.38. The smallest absolute Gasteiger partial charge is 1.00 e. The Labute approximate surface area is 112 Å². The van der Waals surface area contributed by atoms with Gasteiger partial charge in [0.15, 0.2) is 0 Å². The van der Waals surface area contributed by atoms with Crippen molar-refractivity contribution in [3.63, 3.8) is 0 Å². The summed E-state index contributed by atoms with van der Waals surface area (Å²) in [6.07, 6.45) is 3.28. The summed E-state index contributed by atoms with van der Waals surface area (Å²) in [5.41, 5.74) is 0. The molecule has 0 aromatic heterocycles. The van der Waals surface area contributed by atoms with Gasteiger partial charge in [0.05, 0.1) is 0 Å². The second kappa shape index (κ2) is 22.6. The molecule has 0 unspecified atom stereocenters. The van der Waals surface area contributed by atoms with Gasteiger partial charge in [-0.3, -0.25) is 4.21 Å². The molecule has 0 fully saturated rings. The number of hydrogen-bond donors (Lipinski definition) is 0. The van der Waals surface area contributed by atoms with Crippen LogP contribution in [0.15, 0.2) is 0 Å². The Balaban J connectivity index is -0.00000000750. The first-order valence-corrected chi connectivity index (χ1v) is 2.95. The Morgan fingerprint density at radius 1 is 1.00 bits per heavy atom. The Hall–Kier alpha value is 2.60. The van der Waals surface area contributed by atoms with Crippen LogP contribution >= 0.6 is 0 Å². The van der Waals surface area contributed by atoms with Crippen LogP contribution in [0.2, 0.25) is 0 Å². The zero-order valence-electron chi connectivity index (χ0n) is 4.33. The van der Waals surface area contributed by atoms with E-state index in [1.54, 1.807) is 12.5 Å². The molecule has 0 amide bonds. The van der Waals surface area contributed by atoms with E-state index < -0.39 is 10.8 Å². The molecule has 0 aromatic carbocycles. The van der Waals surface area contributed by atoms with Crippen molar-refractivity contribution in [3.05, 3.63) is 0 Å². The molecule has 0 aliphatic carbocycles. The number of halogens is 3. The predicted octanol–water partition coefficient (Wildman–Crippen LogP) is -8.99. The standard InChI is InChI=1S/C2H6OS.3ClH.Eu/c1-4(2)3;;;;/h1-2H3;3*1H;/q;;;;+3/p-3. The summed E-state index contributed by atoms with van der Waals surface area (Å²) in [4.78, 5) is 0. The van der Waals surface area contributed by atoms with E-state index in [0.29, 0.717) is 0 Å². The third-order valence-electron chi connectivity index (χ3n) is 0. The molecule has 0 aromatic rings. The summed E-state index contributed by atoms with van der Waals surface area (Å²) in [7, 11) is -0.611. The second-order valence-electron chi connectivity index (χ2n) is 0.742. The molecular formula is C2H6Cl3EuOS. The van der Waals surface area contributed by atoms with Gasteiger partial charge in [-0.15, -0.1) is 0 Å². The van der Waals surface area contributed by atoms with Crippen LogP contribution in [0.5, 0.6) is 0 Å². The average Bonchev–Trinajstić information content (AvgIpc) is 0.811. The van der Waals surface area contributed by atoms with Crippen molar-refractivity contribution >= 4 is 10.8 Å². The summed E-state index contributed by atoms with van der Waals surface area (Å²) in [5, 5.41) is 0. The Kier molecular flexibility index (Phi) is 88.1. The zero-order valence-corrected chi connectivity index (χ0v) is 9.84. The van der Waals surface area contributed by atoms with Gasteiger partial charge >= 0.3 is 49.4 Å². The fraction of sp³-hybridized carbons (Fsp3) is 1.00. The minimum Gasteiger partial charge on any atom is -1.00 e. The fourth-order valence-corrected chi connectivity index (χ4v) is 0. The first-order valence-electron chi connectivity index (χ1n) is 0.983. The molecule has 54 valence electrons. The molecule has 0 spiro atoms. The van der Waals surface area contributed by atoms with Crippen LogP contribution in [0.3, 0.4) is 0 Å². The van der Waals surface area contributed by atoms with Crippen LogP contribution in [-0.4, -0.2) is 16.7 Å². The summed E-state index contributed by atoms with van der Waals surface area (Å²) in [6.45, 7) is 0. The van der Waals surface area contributed by atoms with Gasteiger partial charge in [-0.05, 0) is 0 Å². The average molecular weight is 336 g/mol. The maximum absolute atomic E-state index is 9.56. The van der Waals surface area contributed by atoms with Crippen LogP contribution < -0.4 is 37.2 Å². The first kappa shape index (κ1) is 31.1. The Morgan fingerprint density at radius 3 is 1.00 bits per heavy atom. The minimum atomic E-state index is -0.611. The van der Waals surface area contributed by atoms with E-state index in [4.69, 9.17) is 0 Å². The topological polar surface area (TPSA) is 17.1 Å². The van der Waals surface area contributed by atoms with E-state index in [2.05, 4.69) is 0 Å². The van der Waals surface area contributed by atoms with Crippen LogP contribution in [0, 0.1) is 49.4 Å². The van der Waals surface area contributed by atoms with Crippen molar-refractivity contribution in [2.45, 2.75) is 0 Å². The van der Waals surface area contributed by atoms with Crippen LogP contribution in [-0.2, 0) is 10.8 Å². The third-order valence-corrected chi connectivity index (χ3v) is 0. The Bertz CT molecular complexity index is 40.3. The summed E-state index contributed by atoms with van der Waals surface area (Å²) < 4.78 is 9.56. The van der Waals surface area contributed by atoms with Gasteiger partial charge in [-0.1, -0.05) is 0 Å². The second-order valence-corrected chi connectivity index (χ2v) is 2.22. The monoisotopic (exact) mass is 336 g/mol. The fourth-order valence-electron chi connectivity index (χ4n) is 0. The molecule has 0 rings (SSSR count). The van der Waals surface area contributed by atoms with Crippen molar-refractivity contribution in [1.82, 2.24) is 0 Å². The SMILES string of the molecule is CS(C)=O.[Cl-].[Cl-].[Cl-].[Eu+3]. The minimum absolute atomic E-state index is 0. The van der Waals surface area contributed by atoms with Crippen molar-refractivity contribution in [3.8, 4) is 0 Å². The molecule has 0 aliphatic rings. The van der Waals surface area contributed by atoms with Crippen molar-refractivity contribution in [2.24, 2.45) is 0 Å². The summed E-state index contributed by atoms with van der Waals surface area (Å²) in [6, 6.07) is 0. The van der Waals surface area contributed by atoms with E-state index in [9.17, 15) is 4.21 Å². The molecule has 8 heavy (non-hydrogen) atoms. The molecular weight excluding hydrogens is 330 g/mol. The molecule has 6 heteroatoms. The molecule has 0 atom stereocenters. The van der Waals surface area contributed by atoms with Crippen molar-refractivity contribution in [2.75, 3.05) is 12.5 Å². The van der Waals surface area contributed by atoms with Crippen LogP contribution in [0.1, 0.15) is 0 Å². The maximum Gasteiger partial charge on any atom is 3.00 e. The van der Waals surface area contributed by atoms with Crippen molar-refractivity contribution < 1.29 is 90.8 Å². The van der Waals surface area contributed by atoms with Gasteiger partial charge in [0.1, 0.15) is 0 Å². The van der Waals surface area contributed by atoms with E-state index in [0.717, 1.165) is 0 Å². The summed E-state index contributed by atoms with van der Waals surface area (Å²) in [5.74, 6) is 0. The predicted molar refractivity (Wildman–Crippen MR) is 20.0 cm³/mol. The van der Waals surface area contributed by atoms with E-state index in [1.807, 2.05) is 0 Å². The van der Waals surface area contributed by atoms with Crippen LogP contribution in [0.25, 0.3) is 0 Å². The molecule has 0 aliphatic heterocycles. The molecule has 1 nitrogen and oxygen atoms in total. The maximum atomic E-state index is 9.56. The number of rotatable bonds is 0. The molecule has 0 N–H and O–H groups in total. The van der Waals surface area contributed by atoms with Gasteiger partial charge in [-0.2, -0.15) is 0 Å². The third kappa shape index (κ3) is 73.4. The molecule has 0 radical (unpaired) electrons. The zero-order chi connectivity index (χ0) is 3.58. The largest absolute Gasteiger partial charge is 3.00 e. The van der Waals surface area contributed by atoms with Gasteiger partial charge in [0, 0.05) is 23.3 Å². The molecule has 0 saturated heterocycles. The van der Waals surface area contributed by atoms with Gasteiger partial charge in [-0.25, -0.2) is 0 Å². The summed E-state index contributed by atoms with van der Waals surface area (Å²) >= 11 is 0. The van der Waals surface area contributed by atoms with E-state index in [-0.39, 0.29) is 86.6 Å². The molecule has 0 saturated carbocycles. The van der Waals surface area contributed by atoms with Crippen molar-refractivity contribution in [1.29, 1.82) is 0 Å². The van der Waals surface area contributed by atoms with Gasteiger partial charge < -0.3 is 37.2 Å². The van der Waals surface area contributed by atoms with Crippen LogP contribution in [0.4, 0.5) is 0 Å². The first-order chi connectivity index (χ1) is 1.73. The van der Waals surface area contributed by atoms with Gasteiger partial charge in [0.25, 0.3) is 0 Å². The quantitative estimate of drug-likeness (QED) is 0.429. The van der Waals surface area contributed by atoms with E-state index >= 15 is 0 Å². The van der Waals surface area contributed by atoms with E-state index in [1.165, 1.54) is 0 Å². The Morgan fingerprint density at radius 2 is 1.00 bits per heavy atom. The molecule has 0 heterocycles. The molecule has 0 bridgehead atoms. The number of hydrogen-bond acceptors (Lipinski definition) is 1.